The average molecular weight is 473 g/mol. The molecule has 1 saturated heterocycles. The number of amides is 1. The lowest BCUT2D eigenvalue weighted by Gasteiger charge is -2.37. The van der Waals surface area contributed by atoms with Gasteiger partial charge in [-0.15, -0.1) is 0 Å². The predicted octanol–water partition coefficient (Wildman–Crippen LogP) is 2.99. The second kappa shape index (κ2) is 12.1. The van der Waals surface area contributed by atoms with E-state index in [-0.39, 0.29) is 12.5 Å². The van der Waals surface area contributed by atoms with Gasteiger partial charge in [-0.2, -0.15) is 0 Å². The number of esters is 1. The van der Waals surface area contributed by atoms with E-state index in [0.29, 0.717) is 13.0 Å². The summed E-state index contributed by atoms with van der Waals surface area (Å²) in [6.07, 6.45) is 1.75. The minimum absolute atomic E-state index is 0.0827. The fourth-order valence-corrected chi connectivity index (χ4v) is 3.83. The summed E-state index contributed by atoms with van der Waals surface area (Å²) in [5, 5.41) is 10.8. The lowest BCUT2D eigenvalue weighted by atomic mass is 9.90. The summed E-state index contributed by atoms with van der Waals surface area (Å²) >= 11 is 0. The van der Waals surface area contributed by atoms with E-state index < -0.39 is 53.8 Å². The molecule has 1 amide bonds. The van der Waals surface area contributed by atoms with Crippen LogP contribution in [0, 0.1) is 5.92 Å². The maximum Gasteiger partial charge on any atom is 0.411 e. The summed E-state index contributed by atoms with van der Waals surface area (Å²) in [6.45, 7) is 16.4. The molecule has 0 spiro atoms. The Balaban J connectivity index is 3.27. The highest BCUT2D eigenvalue weighted by atomic mass is 16.7. The van der Waals surface area contributed by atoms with E-state index >= 15 is 0 Å². The van der Waals surface area contributed by atoms with Crippen LogP contribution >= 0.6 is 0 Å². The molecule has 0 aromatic rings. The Kier molecular flexibility index (Phi) is 10.8. The third-order valence-corrected chi connectivity index (χ3v) is 5.06. The Bertz CT molecular complexity index is 669. The molecular formula is C24H44N2O7. The van der Waals surface area contributed by atoms with Gasteiger partial charge in [0, 0.05) is 12.5 Å². The number of nitrogens with zero attached hydrogens (tertiary/aromatic N) is 1. The van der Waals surface area contributed by atoms with E-state index in [1.165, 1.54) is 4.90 Å². The summed E-state index contributed by atoms with van der Waals surface area (Å²) in [4.78, 5) is 27.7. The SMILES string of the molecule is C/C=C\[C@@H]1C[C@H](C(=O)OC(C)(C)C)N(C(=O)OC(C)(C)C)[C@H]1[C@@H](N)[C@@H](O)COC(C)OCC. The number of ether oxygens (including phenoxy) is 4. The van der Waals surface area contributed by atoms with Crippen molar-refractivity contribution < 1.29 is 33.6 Å². The number of nitrogens with two attached hydrogens (primary N) is 1. The molecule has 1 aliphatic rings. The van der Waals surface area contributed by atoms with Crippen molar-refractivity contribution in [2.75, 3.05) is 13.2 Å². The highest BCUT2D eigenvalue weighted by Gasteiger charge is 2.52. The Morgan fingerprint density at radius 3 is 2.18 bits per heavy atom. The molecule has 192 valence electrons. The molecule has 6 atom stereocenters. The number of allylic oxidation sites excluding steroid dienone is 1. The van der Waals surface area contributed by atoms with Gasteiger partial charge >= 0.3 is 12.1 Å². The molecule has 0 saturated carbocycles. The van der Waals surface area contributed by atoms with Crippen molar-refractivity contribution >= 4 is 12.1 Å². The van der Waals surface area contributed by atoms with Crippen molar-refractivity contribution in [3.8, 4) is 0 Å². The van der Waals surface area contributed by atoms with Crippen molar-refractivity contribution in [1.82, 2.24) is 4.90 Å². The van der Waals surface area contributed by atoms with E-state index in [0.717, 1.165) is 0 Å². The van der Waals surface area contributed by atoms with Crippen LogP contribution in [-0.4, -0.2) is 77.0 Å². The number of aliphatic hydroxyl groups is 1. The first-order valence-electron chi connectivity index (χ1n) is 11.6. The second-order valence-electron chi connectivity index (χ2n) is 10.4. The van der Waals surface area contributed by atoms with E-state index in [1.807, 2.05) is 26.0 Å². The van der Waals surface area contributed by atoms with E-state index in [4.69, 9.17) is 24.7 Å². The number of rotatable bonds is 9. The second-order valence-corrected chi connectivity index (χ2v) is 10.4. The molecule has 1 heterocycles. The van der Waals surface area contributed by atoms with Crippen LogP contribution in [-0.2, 0) is 23.7 Å². The lowest BCUT2D eigenvalue weighted by Crippen LogP contribution is -2.59. The minimum atomic E-state index is -1.10. The number of hydrogen-bond donors (Lipinski definition) is 2. The molecule has 9 nitrogen and oxygen atoms in total. The molecule has 1 aliphatic heterocycles. The normalized spacial score (nSPS) is 24.6. The quantitative estimate of drug-likeness (QED) is 0.298. The smallest absolute Gasteiger partial charge is 0.411 e. The zero-order valence-corrected chi connectivity index (χ0v) is 21.7. The number of carbonyl (C=O) groups is 2. The van der Waals surface area contributed by atoms with Crippen LogP contribution in [0.5, 0.6) is 0 Å². The molecule has 3 N–H and O–H groups in total. The van der Waals surface area contributed by atoms with Crippen LogP contribution in [0.1, 0.15) is 68.7 Å². The van der Waals surface area contributed by atoms with Gasteiger partial charge in [-0.3, -0.25) is 4.90 Å². The largest absolute Gasteiger partial charge is 0.458 e. The van der Waals surface area contributed by atoms with Crippen LogP contribution in [0.2, 0.25) is 0 Å². The molecule has 1 rings (SSSR count). The zero-order chi connectivity index (χ0) is 25.6. The van der Waals surface area contributed by atoms with Gasteiger partial charge in [0.2, 0.25) is 0 Å². The maximum absolute atomic E-state index is 13.3. The Labute approximate surface area is 198 Å². The van der Waals surface area contributed by atoms with Gasteiger partial charge < -0.3 is 29.8 Å². The first-order valence-corrected chi connectivity index (χ1v) is 11.6. The summed E-state index contributed by atoms with van der Waals surface area (Å²) in [6, 6.07) is -2.50. The van der Waals surface area contributed by atoms with Gasteiger partial charge in [0.05, 0.1) is 24.8 Å². The molecule has 1 unspecified atom stereocenters. The van der Waals surface area contributed by atoms with Gasteiger partial charge in [-0.25, -0.2) is 9.59 Å². The molecule has 0 radical (unpaired) electrons. The summed E-state index contributed by atoms with van der Waals surface area (Å²) in [7, 11) is 0. The van der Waals surface area contributed by atoms with Gasteiger partial charge in [-0.1, -0.05) is 12.2 Å². The minimum Gasteiger partial charge on any atom is -0.458 e. The highest BCUT2D eigenvalue weighted by Crippen LogP contribution is 2.36. The first kappa shape index (κ1) is 29.4. The summed E-state index contributed by atoms with van der Waals surface area (Å²) < 4.78 is 22.1. The lowest BCUT2D eigenvalue weighted by molar-refractivity contribution is -0.161. The van der Waals surface area contributed by atoms with Crippen molar-refractivity contribution in [2.45, 2.75) is 110 Å². The monoisotopic (exact) mass is 472 g/mol. The van der Waals surface area contributed by atoms with Crippen LogP contribution in [0.25, 0.3) is 0 Å². The molecule has 0 bridgehead atoms. The number of likely N-dealkylation sites (tertiary alicyclic amines) is 1. The van der Waals surface area contributed by atoms with Crippen molar-refractivity contribution in [3.05, 3.63) is 12.2 Å². The standard InChI is InChI=1S/C24H44N2O7/c1-10-12-16-13-17(21(28)32-23(4,5)6)26(22(29)33-24(7,8)9)20(16)19(25)18(27)14-31-15(3)30-11-2/h10,12,15-20,27H,11,13-14,25H2,1-9H3/b12-10-/t15?,16-,17-,18+,19+,20-/m1/s1. The zero-order valence-electron chi connectivity index (χ0n) is 21.7. The Morgan fingerprint density at radius 1 is 1.12 bits per heavy atom. The van der Waals surface area contributed by atoms with E-state index in [2.05, 4.69) is 0 Å². The molecule has 0 aromatic heterocycles. The van der Waals surface area contributed by atoms with Crippen LogP contribution in [0.3, 0.4) is 0 Å². The van der Waals surface area contributed by atoms with Crippen LogP contribution < -0.4 is 5.73 Å². The molecule has 1 fully saturated rings. The number of hydrogen-bond acceptors (Lipinski definition) is 8. The van der Waals surface area contributed by atoms with Crippen LogP contribution in [0.15, 0.2) is 12.2 Å². The third-order valence-electron chi connectivity index (χ3n) is 5.06. The molecular weight excluding hydrogens is 428 g/mol. The number of aliphatic hydroxyl groups excluding tert-OH is 1. The fourth-order valence-electron chi connectivity index (χ4n) is 3.83. The van der Waals surface area contributed by atoms with Crippen molar-refractivity contribution in [1.29, 1.82) is 0 Å². The topological polar surface area (TPSA) is 121 Å². The third kappa shape index (κ3) is 9.23. The summed E-state index contributed by atoms with van der Waals surface area (Å²) in [5.41, 5.74) is 4.97. The maximum atomic E-state index is 13.3. The average Bonchev–Trinajstić information content (AvgIpc) is 3.03. The molecule has 0 aromatic carbocycles. The van der Waals surface area contributed by atoms with Gasteiger partial charge in [-0.05, 0) is 68.7 Å². The number of carbonyl (C=O) groups excluding carboxylic acids is 2. The van der Waals surface area contributed by atoms with Gasteiger partial charge in [0.15, 0.2) is 6.29 Å². The Morgan fingerprint density at radius 2 is 1.70 bits per heavy atom. The molecule has 33 heavy (non-hydrogen) atoms. The van der Waals surface area contributed by atoms with E-state index in [9.17, 15) is 14.7 Å². The predicted molar refractivity (Wildman–Crippen MR) is 125 cm³/mol. The first-order chi connectivity index (χ1) is 15.1. The van der Waals surface area contributed by atoms with Crippen molar-refractivity contribution in [2.24, 2.45) is 11.7 Å². The van der Waals surface area contributed by atoms with Crippen molar-refractivity contribution in [3.63, 3.8) is 0 Å². The fraction of sp³-hybridized carbons (Fsp3) is 0.833. The molecule has 9 heteroatoms. The van der Waals surface area contributed by atoms with Gasteiger partial charge in [0.1, 0.15) is 17.2 Å². The summed E-state index contributed by atoms with van der Waals surface area (Å²) in [5.74, 6) is -0.817. The van der Waals surface area contributed by atoms with E-state index in [1.54, 1.807) is 48.5 Å². The van der Waals surface area contributed by atoms with Gasteiger partial charge in [0.25, 0.3) is 0 Å². The molecule has 0 aliphatic carbocycles. The van der Waals surface area contributed by atoms with Crippen LogP contribution in [0.4, 0.5) is 4.79 Å². The highest BCUT2D eigenvalue weighted by molar-refractivity contribution is 5.83. The Hall–Kier alpha value is -1.68.